The van der Waals surface area contributed by atoms with Crippen molar-refractivity contribution in [2.24, 2.45) is 5.92 Å². The topological polar surface area (TPSA) is 18.5 Å². The number of methoxy groups -OCH3 is 2. The second kappa shape index (κ2) is 5.65. The molecule has 1 aliphatic carbocycles. The smallest absolute Gasteiger partial charge is 0.197 e. The number of hydrogen-bond acceptors (Lipinski definition) is 2. The van der Waals surface area contributed by atoms with Gasteiger partial charge in [-0.15, -0.1) is 0 Å². The van der Waals surface area contributed by atoms with Crippen molar-refractivity contribution in [1.29, 1.82) is 0 Å². The van der Waals surface area contributed by atoms with Crippen molar-refractivity contribution in [3.8, 4) is 0 Å². The molecule has 0 aliphatic heterocycles. The molecule has 0 aromatic heterocycles. The molecule has 0 heterocycles. The molecule has 0 amide bonds. The van der Waals surface area contributed by atoms with Gasteiger partial charge in [0, 0.05) is 25.7 Å². The molecule has 0 bridgehead atoms. The first-order chi connectivity index (χ1) is 8.33. The Bertz CT molecular complexity index is 324. The first-order valence-electron chi connectivity index (χ1n) is 6.49. The summed E-state index contributed by atoms with van der Waals surface area (Å²) >= 11 is 0. The lowest BCUT2D eigenvalue weighted by atomic mass is 9.80. The van der Waals surface area contributed by atoms with Crippen LogP contribution in [0.2, 0.25) is 0 Å². The van der Waals surface area contributed by atoms with Gasteiger partial charge in [0.25, 0.3) is 0 Å². The van der Waals surface area contributed by atoms with Crippen LogP contribution in [-0.2, 0) is 15.3 Å². The fourth-order valence-corrected chi connectivity index (χ4v) is 3.04. The highest BCUT2D eigenvalue weighted by Crippen LogP contribution is 2.42. The van der Waals surface area contributed by atoms with Gasteiger partial charge in [0.1, 0.15) is 0 Å². The molecular weight excluding hydrogens is 212 g/mol. The first-order valence-corrected chi connectivity index (χ1v) is 6.49. The molecule has 0 N–H and O–H groups in total. The van der Waals surface area contributed by atoms with Crippen LogP contribution in [0.25, 0.3) is 0 Å². The van der Waals surface area contributed by atoms with Gasteiger partial charge in [-0.3, -0.25) is 0 Å². The molecule has 2 nitrogen and oxygen atoms in total. The monoisotopic (exact) mass is 234 g/mol. The predicted molar refractivity (Wildman–Crippen MR) is 68.7 cm³/mol. The fourth-order valence-electron chi connectivity index (χ4n) is 3.04. The van der Waals surface area contributed by atoms with Crippen molar-refractivity contribution in [3.63, 3.8) is 0 Å². The standard InChI is InChI=1S/C15H22O2/c1-16-15(17-2,13-9-5-3-6-10-13)14-11-7-4-8-12-14/h3,5-6,9-10,14H,4,7-8,11-12H2,1-2H3. The third kappa shape index (κ3) is 2.38. The Labute approximate surface area is 104 Å². The van der Waals surface area contributed by atoms with E-state index in [2.05, 4.69) is 12.1 Å². The van der Waals surface area contributed by atoms with E-state index in [1.165, 1.54) is 32.1 Å². The van der Waals surface area contributed by atoms with E-state index in [4.69, 9.17) is 9.47 Å². The van der Waals surface area contributed by atoms with Gasteiger partial charge in [0.15, 0.2) is 5.79 Å². The van der Waals surface area contributed by atoms with Crippen molar-refractivity contribution in [3.05, 3.63) is 35.9 Å². The minimum Gasteiger partial charge on any atom is -0.349 e. The summed E-state index contributed by atoms with van der Waals surface area (Å²) in [5.74, 6) is -0.0875. The maximum Gasteiger partial charge on any atom is 0.197 e. The van der Waals surface area contributed by atoms with Crippen molar-refractivity contribution in [2.75, 3.05) is 14.2 Å². The molecule has 2 rings (SSSR count). The average molecular weight is 234 g/mol. The Balaban J connectivity index is 2.30. The van der Waals surface area contributed by atoms with Gasteiger partial charge < -0.3 is 9.47 Å². The van der Waals surface area contributed by atoms with Crippen LogP contribution in [0.5, 0.6) is 0 Å². The van der Waals surface area contributed by atoms with E-state index in [-0.39, 0.29) is 0 Å². The van der Waals surface area contributed by atoms with Gasteiger partial charge in [-0.25, -0.2) is 0 Å². The van der Waals surface area contributed by atoms with Crippen molar-refractivity contribution < 1.29 is 9.47 Å². The van der Waals surface area contributed by atoms with E-state index < -0.39 is 5.79 Å². The Morgan fingerprint density at radius 1 is 0.941 bits per heavy atom. The predicted octanol–water partition coefficient (Wildman–Crippen LogP) is 3.71. The Hall–Kier alpha value is -0.860. The van der Waals surface area contributed by atoms with Crippen LogP contribution < -0.4 is 0 Å². The largest absolute Gasteiger partial charge is 0.349 e. The van der Waals surface area contributed by atoms with Gasteiger partial charge >= 0.3 is 0 Å². The molecule has 0 radical (unpaired) electrons. The van der Waals surface area contributed by atoms with Gasteiger partial charge in [0.2, 0.25) is 0 Å². The van der Waals surface area contributed by atoms with Crippen LogP contribution in [-0.4, -0.2) is 14.2 Å². The van der Waals surface area contributed by atoms with Gasteiger partial charge in [-0.2, -0.15) is 0 Å². The fraction of sp³-hybridized carbons (Fsp3) is 0.600. The van der Waals surface area contributed by atoms with E-state index in [0.717, 1.165) is 5.56 Å². The molecule has 0 saturated heterocycles. The summed E-state index contributed by atoms with van der Waals surface area (Å²) in [6, 6.07) is 10.3. The zero-order valence-corrected chi connectivity index (χ0v) is 10.8. The Kier molecular flexibility index (Phi) is 4.19. The van der Waals surface area contributed by atoms with Crippen LogP contribution in [0.3, 0.4) is 0 Å². The zero-order chi connectivity index (χ0) is 12.1. The van der Waals surface area contributed by atoms with E-state index in [9.17, 15) is 0 Å². The lowest BCUT2D eigenvalue weighted by Gasteiger charge is -2.40. The highest BCUT2D eigenvalue weighted by molar-refractivity contribution is 5.21. The summed E-state index contributed by atoms with van der Waals surface area (Å²) in [7, 11) is 3.51. The third-order valence-corrected chi connectivity index (χ3v) is 3.93. The van der Waals surface area contributed by atoms with Crippen LogP contribution in [0, 0.1) is 5.92 Å². The second-order valence-corrected chi connectivity index (χ2v) is 4.78. The summed E-state index contributed by atoms with van der Waals surface area (Å²) in [6.07, 6.45) is 6.29. The van der Waals surface area contributed by atoms with Crippen molar-refractivity contribution in [2.45, 2.75) is 37.9 Å². The molecule has 1 aliphatic rings. The minimum absolute atomic E-state index is 0.466. The maximum absolute atomic E-state index is 5.79. The van der Waals surface area contributed by atoms with Crippen molar-refractivity contribution in [1.82, 2.24) is 0 Å². The molecule has 0 spiro atoms. The summed E-state index contributed by atoms with van der Waals surface area (Å²) in [5, 5.41) is 0. The summed E-state index contributed by atoms with van der Waals surface area (Å²) in [4.78, 5) is 0. The van der Waals surface area contributed by atoms with Crippen LogP contribution in [0.4, 0.5) is 0 Å². The molecule has 2 heteroatoms. The number of ether oxygens (including phenoxy) is 2. The number of rotatable bonds is 4. The first kappa shape index (κ1) is 12.6. The highest BCUT2D eigenvalue weighted by Gasteiger charge is 2.41. The molecule has 1 saturated carbocycles. The average Bonchev–Trinajstić information content (AvgIpc) is 2.43. The Morgan fingerprint density at radius 2 is 1.53 bits per heavy atom. The van der Waals surface area contributed by atoms with E-state index in [1.807, 2.05) is 18.2 Å². The molecule has 1 aromatic rings. The lowest BCUT2D eigenvalue weighted by Crippen LogP contribution is -2.40. The van der Waals surface area contributed by atoms with E-state index >= 15 is 0 Å². The van der Waals surface area contributed by atoms with Crippen molar-refractivity contribution >= 4 is 0 Å². The molecule has 17 heavy (non-hydrogen) atoms. The molecule has 1 fully saturated rings. The molecule has 1 aromatic carbocycles. The Morgan fingerprint density at radius 3 is 2.06 bits per heavy atom. The molecule has 0 atom stereocenters. The second-order valence-electron chi connectivity index (χ2n) is 4.78. The summed E-state index contributed by atoms with van der Waals surface area (Å²) in [6.45, 7) is 0. The normalized spacial score (nSPS) is 18.2. The van der Waals surface area contributed by atoms with Crippen LogP contribution in [0.1, 0.15) is 37.7 Å². The summed E-state index contributed by atoms with van der Waals surface area (Å²) in [5.41, 5.74) is 1.14. The maximum atomic E-state index is 5.79. The van der Waals surface area contributed by atoms with Gasteiger partial charge in [0.05, 0.1) is 0 Å². The van der Waals surface area contributed by atoms with E-state index in [1.54, 1.807) is 14.2 Å². The van der Waals surface area contributed by atoms with Crippen LogP contribution in [0.15, 0.2) is 30.3 Å². The lowest BCUT2D eigenvalue weighted by molar-refractivity contribution is -0.255. The SMILES string of the molecule is COC(OC)(c1ccccc1)C1CCCCC1. The molecule has 94 valence electrons. The number of hydrogen-bond donors (Lipinski definition) is 0. The minimum atomic E-state index is -0.554. The number of benzene rings is 1. The third-order valence-electron chi connectivity index (χ3n) is 3.93. The van der Waals surface area contributed by atoms with E-state index in [0.29, 0.717) is 5.92 Å². The zero-order valence-electron chi connectivity index (χ0n) is 10.8. The summed E-state index contributed by atoms with van der Waals surface area (Å²) < 4.78 is 11.6. The van der Waals surface area contributed by atoms with Gasteiger partial charge in [-0.1, -0.05) is 49.6 Å². The van der Waals surface area contributed by atoms with Crippen LogP contribution >= 0.6 is 0 Å². The highest BCUT2D eigenvalue weighted by atomic mass is 16.7. The quantitative estimate of drug-likeness (QED) is 0.739. The molecular formula is C15H22O2. The van der Waals surface area contributed by atoms with Gasteiger partial charge in [-0.05, 0) is 12.8 Å². The molecule has 0 unspecified atom stereocenters.